The van der Waals surface area contributed by atoms with Crippen LogP contribution in [0.25, 0.3) is 6.08 Å². The minimum atomic E-state index is -0.846. The first-order valence-electron chi connectivity index (χ1n) is 6.12. The molecule has 0 heterocycles. The lowest BCUT2D eigenvalue weighted by atomic mass is 10.2. The van der Waals surface area contributed by atoms with Gasteiger partial charge >= 0.3 is 5.97 Å². The van der Waals surface area contributed by atoms with Crippen LogP contribution in [0.5, 0.6) is 0 Å². The first-order valence-corrected chi connectivity index (χ1v) is 6.91. The quantitative estimate of drug-likeness (QED) is 0.590. The summed E-state index contributed by atoms with van der Waals surface area (Å²) in [4.78, 5) is 21.7. The van der Waals surface area contributed by atoms with Crippen molar-refractivity contribution in [2.45, 2.75) is 19.3 Å². The Morgan fingerprint density at radius 2 is 2.10 bits per heavy atom. The van der Waals surface area contributed by atoms with Crippen LogP contribution in [0.3, 0.4) is 0 Å². The number of carboxylic acid groups (broad SMARTS) is 1. The lowest BCUT2D eigenvalue weighted by Gasteiger charge is -2.01. The topological polar surface area (TPSA) is 66.4 Å². The van der Waals surface area contributed by atoms with Gasteiger partial charge in [-0.2, -0.15) is 0 Å². The zero-order valence-electron chi connectivity index (χ0n) is 10.7. The van der Waals surface area contributed by atoms with E-state index >= 15 is 0 Å². The van der Waals surface area contributed by atoms with E-state index in [1.54, 1.807) is 12.1 Å². The monoisotopic (exact) mass is 343 g/mol. The summed E-state index contributed by atoms with van der Waals surface area (Å²) in [5, 5.41) is 11.1. The van der Waals surface area contributed by atoms with Crippen LogP contribution in [0.1, 0.15) is 24.8 Å². The van der Waals surface area contributed by atoms with Gasteiger partial charge in [0, 0.05) is 29.1 Å². The Labute approximate surface area is 124 Å². The van der Waals surface area contributed by atoms with Crippen molar-refractivity contribution >= 4 is 33.9 Å². The molecule has 0 bridgehead atoms. The molecular weight excluding hydrogens is 329 g/mol. The van der Waals surface area contributed by atoms with Gasteiger partial charge in [-0.05, 0) is 37.1 Å². The van der Waals surface area contributed by atoms with Crippen molar-refractivity contribution in [2.24, 2.45) is 0 Å². The summed E-state index contributed by atoms with van der Waals surface area (Å²) in [6, 6.07) is 4.47. The number of nitrogens with one attached hydrogen (secondary N) is 1. The van der Waals surface area contributed by atoms with Crippen LogP contribution >= 0.6 is 15.9 Å². The average molecular weight is 344 g/mol. The van der Waals surface area contributed by atoms with Gasteiger partial charge in [0.05, 0.1) is 0 Å². The van der Waals surface area contributed by atoms with Gasteiger partial charge in [0.25, 0.3) is 0 Å². The molecule has 20 heavy (non-hydrogen) atoms. The number of unbranched alkanes of at least 4 members (excludes halogenated alkanes) is 1. The highest BCUT2D eigenvalue weighted by Crippen LogP contribution is 2.16. The molecule has 0 aromatic heterocycles. The highest BCUT2D eigenvalue weighted by Gasteiger charge is 2.01. The van der Waals surface area contributed by atoms with Gasteiger partial charge in [-0.15, -0.1) is 0 Å². The fraction of sp³-hybridized carbons (Fsp3) is 0.286. The molecule has 0 radical (unpaired) electrons. The molecule has 0 saturated heterocycles. The Morgan fingerprint density at radius 1 is 1.35 bits per heavy atom. The van der Waals surface area contributed by atoms with E-state index in [0.717, 1.165) is 4.47 Å². The van der Waals surface area contributed by atoms with Crippen molar-refractivity contribution in [3.8, 4) is 0 Å². The largest absolute Gasteiger partial charge is 0.481 e. The number of rotatable bonds is 7. The molecule has 2 N–H and O–H groups in total. The molecule has 6 heteroatoms. The molecule has 0 unspecified atom stereocenters. The maximum atomic E-state index is 13.4. The fourth-order valence-electron chi connectivity index (χ4n) is 1.48. The van der Waals surface area contributed by atoms with E-state index in [0.29, 0.717) is 24.9 Å². The van der Waals surface area contributed by atoms with Crippen molar-refractivity contribution in [3.05, 3.63) is 40.1 Å². The van der Waals surface area contributed by atoms with Crippen LogP contribution < -0.4 is 5.32 Å². The minimum Gasteiger partial charge on any atom is -0.481 e. The highest BCUT2D eigenvalue weighted by molar-refractivity contribution is 9.10. The number of amides is 1. The lowest BCUT2D eigenvalue weighted by Crippen LogP contribution is -2.22. The maximum Gasteiger partial charge on any atom is 0.303 e. The molecule has 0 aliphatic carbocycles. The third-order valence-electron chi connectivity index (χ3n) is 2.49. The van der Waals surface area contributed by atoms with Crippen LogP contribution in [0.4, 0.5) is 4.39 Å². The second kappa shape index (κ2) is 8.47. The number of aliphatic carboxylic acids is 1. The number of halogens is 2. The van der Waals surface area contributed by atoms with E-state index in [4.69, 9.17) is 5.11 Å². The van der Waals surface area contributed by atoms with E-state index in [-0.39, 0.29) is 12.3 Å². The lowest BCUT2D eigenvalue weighted by molar-refractivity contribution is -0.137. The summed E-state index contributed by atoms with van der Waals surface area (Å²) < 4.78 is 14.1. The van der Waals surface area contributed by atoms with Gasteiger partial charge in [0.2, 0.25) is 5.91 Å². The van der Waals surface area contributed by atoms with Crippen molar-refractivity contribution in [2.75, 3.05) is 6.54 Å². The molecule has 4 nitrogen and oxygen atoms in total. The molecule has 1 amide bonds. The molecule has 0 spiro atoms. The van der Waals surface area contributed by atoms with Gasteiger partial charge in [-0.3, -0.25) is 9.59 Å². The third-order valence-corrected chi connectivity index (χ3v) is 2.98. The van der Waals surface area contributed by atoms with Gasteiger partial charge in [0.15, 0.2) is 0 Å². The van der Waals surface area contributed by atoms with E-state index in [9.17, 15) is 14.0 Å². The van der Waals surface area contributed by atoms with Crippen LogP contribution in [0, 0.1) is 5.82 Å². The second-order valence-corrected chi connectivity index (χ2v) is 5.06. The fourth-order valence-corrected chi connectivity index (χ4v) is 1.86. The smallest absolute Gasteiger partial charge is 0.303 e. The standard InChI is InChI=1S/C14H15BrFNO3/c15-11-5-6-12(16)10(9-11)4-7-13(18)17-8-2-1-3-14(19)20/h4-7,9H,1-3,8H2,(H,17,18)(H,19,20). The molecule has 1 aromatic rings. The van der Waals surface area contributed by atoms with E-state index < -0.39 is 11.8 Å². The third kappa shape index (κ3) is 6.47. The molecule has 0 aliphatic heterocycles. The Bertz CT molecular complexity index is 517. The Morgan fingerprint density at radius 3 is 2.80 bits per heavy atom. The van der Waals surface area contributed by atoms with Gasteiger partial charge < -0.3 is 10.4 Å². The molecular formula is C14H15BrFNO3. The van der Waals surface area contributed by atoms with Crippen molar-refractivity contribution < 1.29 is 19.1 Å². The Hall–Kier alpha value is -1.69. The van der Waals surface area contributed by atoms with Crippen LogP contribution in [-0.2, 0) is 9.59 Å². The summed E-state index contributed by atoms with van der Waals surface area (Å²) in [7, 11) is 0. The van der Waals surface area contributed by atoms with E-state index in [1.807, 2.05) is 0 Å². The number of carbonyl (C=O) groups excluding carboxylic acids is 1. The summed E-state index contributed by atoms with van der Waals surface area (Å²) in [5.74, 6) is -1.58. The molecule has 1 aromatic carbocycles. The zero-order valence-corrected chi connectivity index (χ0v) is 12.3. The minimum absolute atomic E-state index is 0.0922. The average Bonchev–Trinajstić information content (AvgIpc) is 2.39. The normalized spacial score (nSPS) is 10.7. The summed E-state index contributed by atoms with van der Waals surface area (Å²) in [6.07, 6.45) is 3.85. The number of benzene rings is 1. The first kappa shape index (κ1) is 16.4. The van der Waals surface area contributed by atoms with Crippen LogP contribution in [-0.4, -0.2) is 23.5 Å². The number of carbonyl (C=O) groups is 2. The highest BCUT2D eigenvalue weighted by atomic mass is 79.9. The zero-order chi connectivity index (χ0) is 15.0. The van der Waals surface area contributed by atoms with Crippen molar-refractivity contribution in [1.82, 2.24) is 5.32 Å². The second-order valence-electron chi connectivity index (χ2n) is 4.14. The summed E-state index contributed by atoms with van der Waals surface area (Å²) in [5.41, 5.74) is 0.320. The van der Waals surface area contributed by atoms with Gasteiger partial charge in [0.1, 0.15) is 5.82 Å². The van der Waals surface area contributed by atoms with E-state index in [1.165, 1.54) is 18.2 Å². The Kier molecular flexibility index (Phi) is 6.93. The molecule has 108 valence electrons. The molecule has 1 rings (SSSR count). The molecule has 0 fully saturated rings. The predicted molar refractivity (Wildman–Crippen MR) is 77.6 cm³/mol. The number of hydrogen-bond donors (Lipinski definition) is 2. The predicted octanol–water partition coefficient (Wildman–Crippen LogP) is 2.97. The Balaban J connectivity index is 2.36. The van der Waals surface area contributed by atoms with Crippen LogP contribution in [0.2, 0.25) is 0 Å². The number of hydrogen-bond acceptors (Lipinski definition) is 2. The number of carboxylic acids is 1. The van der Waals surface area contributed by atoms with E-state index in [2.05, 4.69) is 21.2 Å². The first-order chi connectivity index (χ1) is 9.49. The SMILES string of the molecule is O=C(O)CCCCNC(=O)C=Cc1cc(Br)ccc1F. The summed E-state index contributed by atoms with van der Waals surface area (Å²) in [6.45, 7) is 0.400. The maximum absolute atomic E-state index is 13.4. The molecule has 0 aliphatic rings. The van der Waals surface area contributed by atoms with Gasteiger partial charge in [-0.25, -0.2) is 4.39 Å². The van der Waals surface area contributed by atoms with Crippen molar-refractivity contribution in [1.29, 1.82) is 0 Å². The molecule has 0 atom stereocenters. The molecule has 0 saturated carbocycles. The van der Waals surface area contributed by atoms with Crippen molar-refractivity contribution in [3.63, 3.8) is 0 Å². The van der Waals surface area contributed by atoms with Gasteiger partial charge in [-0.1, -0.05) is 15.9 Å². The summed E-state index contributed by atoms with van der Waals surface area (Å²) >= 11 is 3.23. The van der Waals surface area contributed by atoms with Crippen LogP contribution in [0.15, 0.2) is 28.7 Å².